The average molecular weight is 245 g/mol. The minimum Gasteiger partial charge on any atom is -0.488 e. The van der Waals surface area contributed by atoms with E-state index in [4.69, 9.17) is 9.15 Å². The third-order valence-electron chi connectivity index (χ3n) is 2.93. The zero-order valence-corrected chi connectivity index (χ0v) is 10.2. The summed E-state index contributed by atoms with van der Waals surface area (Å²) in [6.45, 7) is 3.14. The zero-order valence-electron chi connectivity index (χ0n) is 10.2. The summed E-state index contributed by atoms with van der Waals surface area (Å²) < 4.78 is 11.1. The van der Waals surface area contributed by atoms with Gasteiger partial charge in [-0.15, -0.1) is 10.2 Å². The highest BCUT2D eigenvalue weighted by atomic mass is 16.5. The molecule has 1 aliphatic rings. The van der Waals surface area contributed by atoms with E-state index in [2.05, 4.69) is 21.6 Å². The lowest BCUT2D eigenvalue weighted by atomic mass is 10.1. The molecule has 0 aliphatic carbocycles. The van der Waals surface area contributed by atoms with Gasteiger partial charge in [-0.2, -0.15) is 0 Å². The number of aromatic nitrogens is 2. The first-order valence-electron chi connectivity index (χ1n) is 6.05. The standard InChI is InChI=1S/C13H15N3O2/c1-9-15-16-13(17-9)8-14-7-11-6-10-4-2-3-5-12(10)18-11/h2-5,11,14H,6-8H2,1H3. The molecule has 1 atom stereocenters. The molecule has 1 aromatic carbocycles. The minimum absolute atomic E-state index is 0.186. The van der Waals surface area contributed by atoms with Crippen LogP contribution in [0.4, 0.5) is 0 Å². The highest BCUT2D eigenvalue weighted by Crippen LogP contribution is 2.27. The molecule has 0 bridgehead atoms. The van der Waals surface area contributed by atoms with Gasteiger partial charge in [0.15, 0.2) is 0 Å². The number of nitrogens with one attached hydrogen (secondary N) is 1. The van der Waals surface area contributed by atoms with Crippen LogP contribution in [0.3, 0.4) is 0 Å². The number of aryl methyl sites for hydroxylation is 1. The predicted octanol–water partition coefficient (Wildman–Crippen LogP) is 1.47. The van der Waals surface area contributed by atoms with Gasteiger partial charge < -0.3 is 14.5 Å². The van der Waals surface area contributed by atoms with Crippen molar-refractivity contribution in [3.63, 3.8) is 0 Å². The van der Waals surface area contributed by atoms with Gasteiger partial charge in [0.1, 0.15) is 11.9 Å². The molecule has 0 saturated carbocycles. The molecule has 5 heteroatoms. The normalized spacial score (nSPS) is 17.5. The van der Waals surface area contributed by atoms with Gasteiger partial charge in [-0.1, -0.05) is 18.2 Å². The van der Waals surface area contributed by atoms with Crippen LogP contribution in [0.1, 0.15) is 17.3 Å². The van der Waals surface area contributed by atoms with Crippen LogP contribution in [0.2, 0.25) is 0 Å². The highest BCUT2D eigenvalue weighted by molar-refractivity contribution is 5.37. The van der Waals surface area contributed by atoms with Crippen molar-refractivity contribution in [2.24, 2.45) is 0 Å². The Morgan fingerprint density at radius 1 is 1.33 bits per heavy atom. The van der Waals surface area contributed by atoms with E-state index < -0.39 is 0 Å². The number of benzene rings is 1. The summed E-state index contributed by atoms with van der Waals surface area (Å²) in [5.74, 6) is 2.21. The summed E-state index contributed by atoms with van der Waals surface area (Å²) in [5, 5.41) is 11.0. The molecule has 3 rings (SSSR count). The lowest BCUT2D eigenvalue weighted by molar-refractivity contribution is 0.225. The van der Waals surface area contributed by atoms with Crippen molar-refractivity contribution in [3.05, 3.63) is 41.6 Å². The number of hydrogen-bond acceptors (Lipinski definition) is 5. The van der Waals surface area contributed by atoms with Gasteiger partial charge in [-0.3, -0.25) is 0 Å². The second-order valence-electron chi connectivity index (χ2n) is 4.40. The van der Waals surface area contributed by atoms with E-state index in [1.54, 1.807) is 6.92 Å². The molecule has 1 aliphatic heterocycles. The molecule has 0 saturated heterocycles. The van der Waals surface area contributed by atoms with Crippen molar-refractivity contribution in [2.75, 3.05) is 6.54 Å². The number of rotatable bonds is 4. The summed E-state index contributed by atoms with van der Waals surface area (Å²) >= 11 is 0. The first kappa shape index (κ1) is 11.2. The quantitative estimate of drug-likeness (QED) is 0.884. The lowest BCUT2D eigenvalue weighted by Gasteiger charge is -2.10. The topological polar surface area (TPSA) is 60.2 Å². The first-order valence-corrected chi connectivity index (χ1v) is 6.05. The Hall–Kier alpha value is -1.88. The molecule has 94 valence electrons. The van der Waals surface area contributed by atoms with Gasteiger partial charge >= 0.3 is 0 Å². The van der Waals surface area contributed by atoms with Gasteiger partial charge in [0.25, 0.3) is 0 Å². The number of para-hydroxylation sites is 1. The van der Waals surface area contributed by atoms with Crippen molar-refractivity contribution in [1.29, 1.82) is 0 Å². The van der Waals surface area contributed by atoms with Crippen LogP contribution >= 0.6 is 0 Å². The Kier molecular flexibility index (Phi) is 2.98. The fraction of sp³-hybridized carbons (Fsp3) is 0.385. The van der Waals surface area contributed by atoms with Crippen LogP contribution in [0.15, 0.2) is 28.7 Å². The van der Waals surface area contributed by atoms with Crippen molar-refractivity contribution < 1.29 is 9.15 Å². The van der Waals surface area contributed by atoms with E-state index in [9.17, 15) is 0 Å². The fourth-order valence-electron chi connectivity index (χ4n) is 2.12. The van der Waals surface area contributed by atoms with Crippen molar-refractivity contribution >= 4 is 0 Å². The van der Waals surface area contributed by atoms with Gasteiger partial charge in [-0.25, -0.2) is 0 Å². The maximum Gasteiger partial charge on any atom is 0.230 e. The fourth-order valence-corrected chi connectivity index (χ4v) is 2.12. The average Bonchev–Trinajstić information content (AvgIpc) is 2.95. The summed E-state index contributed by atoms with van der Waals surface area (Å²) in [7, 11) is 0. The molecular formula is C13H15N3O2. The van der Waals surface area contributed by atoms with Crippen LogP contribution in [0, 0.1) is 6.92 Å². The van der Waals surface area contributed by atoms with Gasteiger partial charge in [0.05, 0.1) is 6.54 Å². The largest absolute Gasteiger partial charge is 0.488 e. The number of hydrogen-bond donors (Lipinski definition) is 1. The monoisotopic (exact) mass is 245 g/mol. The highest BCUT2D eigenvalue weighted by Gasteiger charge is 2.21. The maximum absolute atomic E-state index is 5.82. The number of fused-ring (bicyclic) bond motifs is 1. The Morgan fingerprint density at radius 2 is 2.22 bits per heavy atom. The Morgan fingerprint density at radius 3 is 3.00 bits per heavy atom. The summed E-state index contributed by atoms with van der Waals surface area (Å²) in [5.41, 5.74) is 1.28. The van der Waals surface area contributed by atoms with E-state index in [1.165, 1.54) is 5.56 Å². The second kappa shape index (κ2) is 4.78. The molecule has 0 radical (unpaired) electrons. The molecule has 0 amide bonds. The predicted molar refractivity (Wildman–Crippen MR) is 65.3 cm³/mol. The Labute approximate surface area is 105 Å². The second-order valence-corrected chi connectivity index (χ2v) is 4.40. The number of nitrogens with zero attached hydrogens (tertiary/aromatic N) is 2. The first-order chi connectivity index (χ1) is 8.81. The number of ether oxygens (including phenoxy) is 1. The maximum atomic E-state index is 5.82. The molecule has 2 heterocycles. The third kappa shape index (κ3) is 2.36. The van der Waals surface area contributed by atoms with E-state index in [1.807, 2.05) is 18.2 Å². The van der Waals surface area contributed by atoms with Gasteiger partial charge in [-0.05, 0) is 11.6 Å². The smallest absolute Gasteiger partial charge is 0.230 e. The molecule has 0 spiro atoms. The van der Waals surface area contributed by atoms with Crippen LogP contribution in [-0.2, 0) is 13.0 Å². The van der Waals surface area contributed by atoms with Crippen LogP contribution in [0.25, 0.3) is 0 Å². The summed E-state index contributed by atoms with van der Waals surface area (Å²) in [4.78, 5) is 0. The Bertz CT molecular complexity index is 514. The van der Waals surface area contributed by atoms with Gasteiger partial charge in [0, 0.05) is 19.9 Å². The molecule has 1 N–H and O–H groups in total. The summed E-state index contributed by atoms with van der Waals surface area (Å²) in [6, 6.07) is 8.16. The Balaban J connectivity index is 1.48. The third-order valence-corrected chi connectivity index (χ3v) is 2.93. The summed E-state index contributed by atoms with van der Waals surface area (Å²) in [6.07, 6.45) is 1.14. The molecular weight excluding hydrogens is 230 g/mol. The van der Waals surface area contributed by atoms with Gasteiger partial charge in [0.2, 0.25) is 11.8 Å². The molecule has 18 heavy (non-hydrogen) atoms. The van der Waals surface area contributed by atoms with Crippen LogP contribution in [-0.4, -0.2) is 22.8 Å². The van der Waals surface area contributed by atoms with Crippen molar-refractivity contribution in [1.82, 2.24) is 15.5 Å². The van der Waals surface area contributed by atoms with E-state index in [0.717, 1.165) is 18.7 Å². The minimum atomic E-state index is 0.186. The zero-order chi connectivity index (χ0) is 12.4. The van der Waals surface area contributed by atoms with Crippen LogP contribution in [0.5, 0.6) is 5.75 Å². The van der Waals surface area contributed by atoms with Crippen LogP contribution < -0.4 is 10.1 Å². The van der Waals surface area contributed by atoms with E-state index >= 15 is 0 Å². The SMILES string of the molecule is Cc1nnc(CNCC2Cc3ccccc3O2)o1. The molecule has 5 nitrogen and oxygen atoms in total. The van der Waals surface area contributed by atoms with Crippen molar-refractivity contribution in [2.45, 2.75) is 26.0 Å². The van der Waals surface area contributed by atoms with E-state index in [0.29, 0.717) is 18.3 Å². The van der Waals surface area contributed by atoms with Crippen molar-refractivity contribution in [3.8, 4) is 5.75 Å². The molecule has 2 aromatic rings. The lowest BCUT2D eigenvalue weighted by Crippen LogP contribution is -2.29. The van der Waals surface area contributed by atoms with E-state index in [-0.39, 0.29) is 6.10 Å². The molecule has 0 fully saturated rings. The molecule has 1 aromatic heterocycles. The molecule has 1 unspecified atom stereocenters.